The number of thiophene rings is 1. The van der Waals surface area contributed by atoms with Crippen molar-refractivity contribution in [3.05, 3.63) is 51.2 Å². The number of piperazine rings is 1. The number of hydrogen-bond acceptors (Lipinski definition) is 5. The number of nitrogens with one attached hydrogen (secondary N) is 1. The molecule has 1 N–H and O–H groups in total. The van der Waals surface area contributed by atoms with Crippen LogP contribution < -0.4 is 10.1 Å². The van der Waals surface area contributed by atoms with Gasteiger partial charge in [-0.3, -0.25) is 14.6 Å². The van der Waals surface area contributed by atoms with Crippen LogP contribution in [0, 0.1) is 0 Å². The van der Waals surface area contributed by atoms with Crippen molar-refractivity contribution in [2.45, 2.75) is 26.1 Å². The van der Waals surface area contributed by atoms with Gasteiger partial charge in [0.1, 0.15) is 5.75 Å². The number of nitrogens with zero attached hydrogens (tertiary/aromatic N) is 2. The van der Waals surface area contributed by atoms with E-state index in [0.29, 0.717) is 6.54 Å². The van der Waals surface area contributed by atoms with Crippen molar-refractivity contribution in [3.63, 3.8) is 0 Å². The third-order valence-electron chi connectivity index (χ3n) is 4.97. The molecule has 0 saturated carbocycles. The number of halogens is 1. The summed E-state index contributed by atoms with van der Waals surface area (Å²) in [6, 6.07) is 11.7. The molecule has 1 aromatic heterocycles. The zero-order valence-corrected chi connectivity index (χ0v) is 17.4. The molecule has 1 aliphatic heterocycles. The predicted octanol–water partition coefficient (Wildman–Crippen LogP) is 3.23. The van der Waals surface area contributed by atoms with Crippen molar-refractivity contribution in [2.24, 2.45) is 0 Å². The smallest absolute Gasteiger partial charge is 0.237 e. The van der Waals surface area contributed by atoms with Gasteiger partial charge in [-0.25, -0.2) is 0 Å². The van der Waals surface area contributed by atoms with Crippen molar-refractivity contribution in [1.29, 1.82) is 0 Å². The minimum atomic E-state index is -0.124. The van der Waals surface area contributed by atoms with Crippen molar-refractivity contribution >= 4 is 28.8 Å². The first kappa shape index (κ1) is 20.1. The fourth-order valence-electron chi connectivity index (χ4n) is 3.21. The second-order valence-corrected chi connectivity index (χ2v) is 8.56. The highest BCUT2D eigenvalue weighted by molar-refractivity contribution is 7.16. The Morgan fingerprint density at radius 1 is 1.19 bits per heavy atom. The second kappa shape index (κ2) is 9.55. The highest BCUT2D eigenvalue weighted by Crippen LogP contribution is 2.23. The molecule has 0 aliphatic carbocycles. The van der Waals surface area contributed by atoms with E-state index in [2.05, 4.69) is 21.2 Å². The van der Waals surface area contributed by atoms with Crippen LogP contribution in [-0.4, -0.2) is 55.0 Å². The molecule has 0 unspecified atom stereocenters. The van der Waals surface area contributed by atoms with E-state index in [9.17, 15) is 4.79 Å². The van der Waals surface area contributed by atoms with Gasteiger partial charge in [0.25, 0.3) is 0 Å². The quantitative estimate of drug-likeness (QED) is 0.765. The Morgan fingerprint density at radius 2 is 1.89 bits per heavy atom. The van der Waals surface area contributed by atoms with E-state index < -0.39 is 0 Å². The van der Waals surface area contributed by atoms with E-state index in [-0.39, 0.29) is 11.9 Å². The van der Waals surface area contributed by atoms with E-state index in [1.165, 1.54) is 4.88 Å². The number of carbonyl (C=O) groups is 1. The molecule has 1 amide bonds. The van der Waals surface area contributed by atoms with Gasteiger partial charge < -0.3 is 10.1 Å². The first-order chi connectivity index (χ1) is 13.0. The summed E-state index contributed by atoms with van der Waals surface area (Å²) in [6.07, 6.45) is 0. The molecule has 3 rings (SSSR count). The summed E-state index contributed by atoms with van der Waals surface area (Å²) in [6.45, 7) is 7.18. The minimum Gasteiger partial charge on any atom is -0.497 e. The number of carbonyl (C=O) groups excluding carboxylic acids is 1. The molecule has 5 nitrogen and oxygen atoms in total. The van der Waals surface area contributed by atoms with Crippen LogP contribution in [0.15, 0.2) is 36.4 Å². The Labute approximate surface area is 169 Å². The number of hydrogen-bond donors (Lipinski definition) is 1. The Kier molecular flexibility index (Phi) is 7.13. The molecule has 1 aliphatic rings. The minimum absolute atomic E-state index is 0.0734. The van der Waals surface area contributed by atoms with Crippen LogP contribution >= 0.6 is 22.9 Å². The summed E-state index contributed by atoms with van der Waals surface area (Å²) in [5.41, 5.74) is 1.07. The average Bonchev–Trinajstić information content (AvgIpc) is 3.11. The summed E-state index contributed by atoms with van der Waals surface area (Å²) in [7, 11) is 1.65. The maximum absolute atomic E-state index is 12.5. The number of rotatable bonds is 7. The molecular formula is C20H26ClN3O2S. The van der Waals surface area contributed by atoms with E-state index in [1.54, 1.807) is 18.4 Å². The van der Waals surface area contributed by atoms with E-state index in [0.717, 1.165) is 48.4 Å². The van der Waals surface area contributed by atoms with Gasteiger partial charge in [0, 0.05) is 44.1 Å². The normalized spacial score (nSPS) is 16.9. The highest BCUT2D eigenvalue weighted by atomic mass is 35.5. The lowest BCUT2D eigenvalue weighted by Gasteiger charge is -2.37. The van der Waals surface area contributed by atoms with Crippen LogP contribution in [0.25, 0.3) is 0 Å². The lowest BCUT2D eigenvalue weighted by molar-refractivity contribution is -0.126. The van der Waals surface area contributed by atoms with E-state index in [4.69, 9.17) is 16.3 Å². The van der Waals surface area contributed by atoms with Crippen molar-refractivity contribution in [3.8, 4) is 5.75 Å². The second-order valence-electron chi connectivity index (χ2n) is 6.76. The van der Waals surface area contributed by atoms with Crippen LogP contribution in [0.1, 0.15) is 17.4 Å². The molecule has 7 heteroatoms. The predicted molar refractivity (Wildman–Crippen MR) is 110 cm³/mol. The van der Waals surface area contributed by atoms with E-state index >= 15 is 0 Å². The van der Waals surface area contributed by atoms with Gasteiger partial charge >= 0.3 is 0 Å². The van der Waals surface area contributed by atoms with Crippen LogP contribution in [0.3, 0.4) is 0 Å². The standard InChI is InChI=1S/C20H26ClN3O2S/c1-15(20(25)22-13-16-3-5-17(26-2)6-4-16)24-11-9-23(10-12-24)14-18-7-8-19(21)27-18/h3-8,15H,9-14H2,1-2H3,(H,22,25)/t15-/m0/s1. The summed E-state index contributed by atoms with van der Waals surface area (Å²) >= 11 is 7.65. The summed E-state index contributed by atoms with van der Waals surface area (Å²) < 4.78 is 5.99. The van der Waals surface area contributed by atoms with Gasteiger partial charge in [-0.2, -0.15) is 0 Å². The van der Waals surface area contributed by atoms with Gasteiger partial charge in [-0.05, 0) is 36.8 Å². The maximum atomic E-state index is 12.5. The van der Waals surface area contributed by atoms with Gasteiger partial charge in [-0.15, -0.1) is 11.3 Å². The zero-order chi connectivity index (χ0) is 19.2. The Morgan fingerprint density at radius 3 is 2.48 bits per heavy atom. The molecule has 1 fully saturated rings. The van der Waals surface area contributed by atoms with E-state index in [1.807, 2.05) is 37.3 Å². The molecule has 0 spiro atoms. The largest absolute Gasteiger partial charge is 0.497 e. The highest BCUT2D eigenvalue weighted by Gasteiger charge is 2.25. The molecular weight excluding hydrogens is 382 g/mol. The molecule has 27 heavy (non-hydrogen) atoms. The monoisotopic (exact) mass is 407 g/mol. The Hall–Kier alpha value is -1.60. The molecule has 2 aromatic rings. The molecule has 1 saturated heterocycles. The first-order valence-corrected chi connectivity index (χ1v) is 10.4. The van der Waals surface area contributed by atoms with Crippen molar-refractivity contribution in [2.75, 3.05) is 33.3 Å². The Bertz CT molecular complexity index is 742. The zero-order valence-electron chi connectivity index (χ0n) is 15.8. The van der Waals surface area contributed by atoms with Gasteiger partial charge in [0.2, 0.25) is 5.91 Å². The molecule has 1 atom stereocenters. The molecule has 0 bridgehead atoms. The third-order valence-corrected chi connectivity index (χ3v) is 6.18. The number of amides is 1. The molecule has 1 aromatic carbocycles. The fraction of sp³-hybridized carbons (Fsp3) is 0.450. The average molecular weight is 408 g/mol. The Balaban J connectivity index is 1.42. The number of methoxy groups -OCH3 is 1. The van der Waals surface area contributed by atoms with Crippen molar-refractivity contribution in [1.82, 2.24) is 15.1 Å². The van der Waals surface area contributed by atoms with Gasteiger partial charge in [0.15, 0.2) is 0 Å². The van der Waals surface area contributed by atoms with Crippen LogP contribution in [0.2, 0.25) is 4.34 Å². The fourth-order valence-corrected chi connectivity index (χ4v) is 4.34. The first-order valence-electron chi connectivity index (χ1n) is 9.16. The maximum Gasteiger partial charge on any atom is 0.237 e. The van der Waals surface area contributed by atoms with Crippen LogP contribution in [0.5, 0.6) is 5.75 Å². The van der Waals surface area contributed by atoms with Crippen LogP contribution in [0.4, 0.5) is 0 Å². The SMILES string of the molecule is COc1ccc(CNC(=O)[C@H](C)N2CCN(Cc3ccc(Cl)s3)CC2)cc1. The topological polar surface area (TPSA) is 44.8 Å². The summed E-state index contributed by atoms with van der Waals surface area (Å²) in [5, 5.41) is 3.04. The molecule has 0 radical (unpaired) electrons. The molecule has 146 valence electrons. The third kappa shape index (κ3) is 5.69. The summed E-state index contributed by atoms with van der Waals surface area (Å²) in [5.74, 6) is 0.894. The number of benzene rings is 1. The van der Waals surface area contributed by atoms with Gasteiger partial charge in [0.05, 0.1) is 17.5 Å². The number of ether oxygens (including phenoxy) is 1. The van der Waals surface area contributed by atoms with Crippen molar-refractivity contribution < 1.29 is 9.53 Å². The summed E-state index contributed by atoms with van der Waals surface area (Å²) in [4.78, 5) is 18.5. The van der Waals surface area contributed by atoms with Gasteiger partial charge in [-0.1, -0.05) is 23.7 Å². The molecule has 2 heterocycles. The lowest BCUT2D eigenvalue weighted by atomic mass is 10.2. The van der Waals surface area contributed by atoms with Crippen LogP contribution in [-0.2, 0) is 17.9 Å². The lowest BCUT2D eigenvalue weighted by Crippen LogP contribution is -2.53.